The summed E-state index contributed by atoms with van der Waals surface area (Å²) in [6.45, 7) is 7.04. The van der Waals surface area contributed by atoms with Gasteiger partial charge < -0.3 is 19.4 Å². The van der Waals surface area contributed by atoms with Gasteiger partial charge in [0.25, 0.3) is 5.56 Å². The number of esters is 1. The van der Waals surface area contributed by atoms with Crippen molar-refractivity contribution in [2.45, 2.75) is 0 Å². The number of allylic oxidation sites excluding steroid dienone is 1. The molecule has 2 aromatic rings. The molecule has 2 N–H and O–H groups in total. The quantitative estimate of drug-likeness (QED) is 0.471. The normalized spacial score (nSPS) is 10.7. The summed E-state index contributed by atoms with van der Waals surface area (Å²) in [5, 5.41) is 10.2. The van der Waals surface area contributed by atoms with Crippen LogP contribution in [0.4, 0.5) is 0 Å². The molecule has 134 valence electrons. The lowest BCUT2D eigenvalue weighted by molar-refractivity contribution is 0.0589. The van der Waals surface area contributed by atoms with Crippen molar-refractivity contribution in [3.05, 3.63) is 69.9 Å². The van der Waals surface area contributed by atoms with Crippen LogP contribution in [0.5, 0.6) is 5.75 Å². The molecule has 2 aromatic heterocycles. The van der Waals surface area contributed by atoms with Gasteiger partial charge in [0.15, 0.2) is 5.75 Å². The maximum atomic E-state index is 12.4. The lowest BCUT2D eigenvalue weighted by Crippen LogP contribution is -2.16. The maximum absolute atomic E-state index is 12.4. The van der Waals surface area contributed by atoms with E-state index in [0.717, 1.165) is 0 Å². The third kappa shape index (κ3) is 3.27. The Hall–Kier alpha value is -3.61. The Morgan fingerprint density at radius 1 is 1.23 bits per heavy atom. The van der Waals surface area contributed by atoms with E-state index in [1.165, 1.54) is 31.4 Å². The number of hydrogen-bond donors (Lipinski definition) is 2. The van der Waals surface area contributed by atoms with Gasteiger partial charge in [0.1, 0.15) is 11.4 Å². The Morgan fingerprint density at radius 2 is 1.88 bits per heavy atom. The number of nitrogens with zero attached hydrogens (tertiary/aromatic N) is 1. The average molecular weight is 354 g/mol. The first-order chi connectivity index (χ1) is 12.3. The summed E-state index contributed by atoms with van der Waals surface area (Å²) in [4.78, 5) is 38.4. The standard InChI is InChI=1S/C19H18N2O5/c1-5-12-13(6-2)18(24)20-16(17(12)23)15(22)10-8-11-7-9-14(21(11)3)19(25)26-4/h5-10,23H,1-2H2,3-4H3,(H,20,24)/b10-8+. The van der Waals surface area contributed by atoms with Crippen molar-refractivity contribution in [1.29, 1.82) is 0 Å². The highest BCUT2D eigenvalue weighted by Crippen LogP contribution is 2.24. The SMILES string of the molecule is C=Cc1c(O)c(C(=O)/C=C/c2ccc(C(=O)OC)n2C)[nH]c(=O)c1C=C. The van der Waals surface area contributed by atoms with E-state index >= 15 is 0 Å². The van der Waals surface area contributed by atoms with Crippen LogP contribution in [-0.2, 0) is 11.8 Å². The summed E-state index contributed by atoms with van der Waals surface area (Å²) < 4.78 is 6.21. The Labute approximate surface area is 149 Å². The first-order valence-corrected chi connectivity index (χ1v) is 7.56. The van der Waals surface area contributed by atoms with E-state index in [1.54, 1.807) is 23.7 Å². The molecule has 2 heterocycles. The fourth-order valence-electron chi connectivity index (χ4n) is 2.46. The van der Waals surface area contributed by atoms with Crippen molar-refractivity contribution in [2.75, 3.05) is 7.11 Å². The van der Waals surface area contributed by atoms with Crippen LogP contribution in [0.25, 0.3) is 18.2 Å². The zero-order valence-corrected chi connectivity index (χ0v) is 14.4. The van der Waals surface area contributed by atoms with Gasteiger partial charge in [-0.25, -0.2) is 4.79 Å². The number of nitrogens with one attached hydrogen (secondary N) is 1. The zero-order valence-electron chi connectivity index (χ0n) is 14.4. The Balaban J connectivity index is 2.41. The lowest BCUT2D eigenvalue weighted by Gasteiger charge is -2.07. The zero-order chi connectivity index (χ0) is 19.4. The van der Waals surface area contributed by atoms with Crippen molar-refractivity contribution in [3.8, 4) is 5.75 Å². The highest BCUT2D eigenvalue weighted by Gasteiger charge is 2.17. The summed E-state index contributed by atoms with van der Waals surface area (Å²) >= 11 is 0. The number of ketones is 1. The minimum Gasteiger partial charge on any atom is -0.505 e. The first-order valence-electron chi connectivity index (χ1n) is 7.56. The van der Waals surface area contributed by atoms with E-state index < -0.39 is 17.3 Å². The highest BCUT2D eigenvalue weighted by molar-refractivity contribution is 6.08. The minimum absolute atomic E-state index is 0.128. The molecule has 0 atom stereocenters. The van der Waals surface area contributed by atoms with E-state index in [4.69, 9.17) is 0 Å². The van der Waals surface area contributed by atoms with E-state index in [1.807, 2.05) is 0 Å². The van der Waals surface area contributed by atoms with Crippen LogP contribution in [0.15, 0.2) is 36.2 Å². The lowest BCUT2D eigenvalue weighted by atomic mass is 10.1. The van der Waals surface area contributed by atoms with Gasteiger partial charge in [-0.05, 0) is 24.3 Å². The predicted octanol–water partition coefficient (Wildman–Crippen LogP) is 2.39. The highest BCUT2D eigenvalue weighted by atomic mass is 16.5. The number of H-pyrrole nitrogens is 1. The van der Waals surface area contributed by atoms with Crippen LogP contribution >= 0.6 is 0 Å². The van der Waals surface area contributed by atoms with E-state index in [9.17, 15) is 19.5 Å². The van der Waals surface area contributed by atoms with Gasteiger partial charge in [-0.1, -0.05) is 25.3 Å². The fourth-order valence-corrected chi connectivity index (χ4v) is 2.46. The molecule has 0 spiro atoms. The van der Waals surface area contributed by atoms with Crippen molar-refractivity contribution in [3.63, 3.8) is 0 Å². The van der Waals surface area contributed by atoms with Crippen LogP contribution < -0.4 is 5.56 Å². The van der Waals surface area contributed by atoms with Crippen LogP contribution in [0.3, 0.4) is 0 Å². The second-order valence-electron chi connectivity index (χ2n) is 5.30. The monoisotopic (exact) mass is 354 g/mol. The third-order valence-electron chi connectivity index (χ3n) is 3.88. The molecule has 0 fully saturated rings. The first kappa shape index (κ1) is 18.7. The number of aromatic hydroxyl groups is 1. The van der Waals surface area contributed by atoms with E-state index in [-0.39, 0.29) is 22.6 Å². The number of carbonyl (C=O) groups is 2. The number of pyridine rings is 1. The van der Waals surface area contributed by atoms with Gasteiger partial charge in [-0.3, -0.25) is 9.59 Å². The van der Waals surface area contributed by atoms with Crippen LogP contribution in [-0.4, -0.2) is 33.5 Å². The molecule has 26 heavy (non-hydrogen) atoms. The summed E-state index contributed by atoms with van der Waals surface area (Å²) in [6.07, 6.45) is 5.20. The number of rotatable bonds is 6. The molecule has 2 rings (SSSR count). The second-order valence-corrected chi connectivity index (χ2v) is 5.30. The van der Waals surface area contributed by atoms with Crippen LogP contribution in [0, 0.1) is 0 Å². The molecule has 0 aliphatic carbocycles. The number of aromatic nitrogens is 2. The molecule has 0 aliphatic heterocycles. The maximum Gasteiger partial charge on any atom is 0.354 e. The number of methoxy groups -OCH3 is 1. The molecule has 0 radical (unpaired) electrons. The van der Waals surface area contributed by atoms with Gasteiger partial charge in [-0.15, -0.1) is 0 Å². The van der Waals surface area contributed by atoms with Crippen molar-refractivity contribution < 1.29 is 19.4 Å². The Bertz CT molecular complexity index is 992. The van der Waals surface area contributed by atoms with Crippen molar-refractivity contribution in [2.24, 2.45) is 7.05 Å². The number of hydrogen-bond acceptors (Lipinski definition) is 5. The smallest absolute Gasteiger partial charge is 0.354 e. The summed E-state index contributed by atoms with van der Waals surface area (Å²) in [7, 11) is 2.92. The van der Waals surface area contributed by atoms with Gasteiger partial charge in [0.05, 0.1) is 12.7 Å². The second kappa shape index (κ2) is 7.52. The average Bonchev–Trinajstić information content (AvgIpc) is 3.00. The molecule has 0 aromatic carbocycles. The molecule has 0 amide bonds. The molecular weight excluding hydrogens is 336 g/mol. The number of carbonyl (C=O) groups excluding carboxylic acids is 2. The summed E-state index contributed by atoms with van der Waals surface area (Å²) in [5.74, 6) is -1.50. The number of aromatic amines is 1. The Kier molecular flexibility index (Phi) is 5.42. The minimum atomic E-state index is -0.612. The molecule has 0 bridgehead atoms. The van der Waals surface area contributed by atoms with Gasteiger partial charge in [0.2, 0.25) is 5.78 Å². The number of ether oxygens (including phenoxy) is 1. The molecule has 0 unspecified atom stereocenters. The van der Waals surface area contributed by atoms with Gasteiger partial charge in [0, 0.05) is 18.3 Å². The molecule has 0 aliphatic rings. The van der Waals surface area contributed by atoms with Crippen molar-refractivity contribution in [1.82, 2.24) is 9.55 Å². The third-order valence-corrected chi connectivity index (χ3v) is 3.88. The van der Waals surface area contributed by atoms with E-state index in [2.05, 4.69) is 22.9 Å². The molecule has 0 saturated carbocycles. The van der Waals surface area contributed by atoms with Crippen LogP contribution in [0.1, 0.15) is 37.8 Å². The van der Waals surface area contributed by atoms with Crippen molar-refractivity contribution >= 4 is 30.0 Å². The molecule has 7 heteroatoms. The molecular formula is C19H18N2O5. The summed E-state index contributed by atoms with van der Waals surface area (Å²) in [6, 6.07) is 3.19. The Morgan fingerprint density at radius 3 is 2.46 bits per heavy atom. The topological polar surface area (TPSA) is 101 Å². The fraction of sp³-hybridized carbons (Fsp3) is 0.105. The van der Waals surface area contributed by atoms with Gasteiger partial charge in [-0.2, -0.15) is 0 Å². The molecule has 0 saturated heterocycles. The van der Waals surface area contributed by atoms with Gasteiger partial charge >= 0.3 is 5.97 Å². The largest absolute Gasteiger partial charge is 0.505 e. The van der Waals surface area contributed by atoms with Crippen LogP contribution in [0.2, 0.25) is 0 Å². The predicted molar refractivity (Wildman–Crippen MR) is 99.0 cm³/mol. The van der Waals surface area contributed by atoms with E-state index in [0.29, 0.717) is 11.4 Å². The summed E-state index contributed by atoms with van der Waals surface area (Å²) in [5.41, 5.74) is 0.327. The molecule has 7 nitrogen and oxygen atoms in total.